The highest BCUT2D eigenvalue weighted by Gasteiger charge is 2.44. The van der Waals surface area contributed by atoms with Crippen LogP contribution >= 0.6 is 0 Å². The minimum atomic E-state index is -3.77. The van der Waals surface area contributed by atoms with Crippen LogP contribution < -0.4 is 58.4 Å². The number of ether oxygens (including phenoxy) is 10. The van der Waals surface area contributed by atoms with E-state index >= 15 is 0 Å². The molecule has 0 radical (unpaired) electrons. The van der Waals surface area contributed by atoms with E-state index in [1.165, 1.54) is 125 Å². The summed E-state index contributed by atoms with van der Waals surface area (Å²) >= 11 is 0. The van der Waals surface area contributed by atoms with Crippen LogP contribution in [-0.2, 0) is 188 Å². The maximum absolute atomic E-state index is 13.3. The molecule has 47 heteroatoms. The SMILES string of the molecule is C=S(=O)(NC(=O)Nc1c2c(cc3c1CCC3)CCC2)c1cnn2c1OC[C@@H](OC)C2.CO[C@@H]1COc2c(S(=N)(=O)NC(=O)Nc3c4c(cc5c3CCC5)CCC4)cnn2C1.CO[C@@H]1COc2c(S(=O)(=O)N[Si](C)(C)C(C)(C)C)cnn2C1.CO[C@@H]1COc2c(S(N)(=O)=N[Si](C)(C)C(C)(C)C)cnn2C1.CO[C@@H]1COc2c(S(N)(=O)=O)cnn2C1.O=C=Nc1c2c(cc3c1CCC3)CCC2. The molecule has 732 valence electrons. The Labute approximate surface area is 785 Å². The monoisotopic (exact) mass is 1990 g/mol. The highest BCUT2D eigenvalue weighted by atomic mass is 32.2. The molecule has 3 aromatic carbocycles. The second-order valence-electron chi connectivity index (χ2n) is 38.0. The number of urea groups is 2. The number of carbonyl (C=O) groups is 2. The van der Waals surface area contributed by atoms with Crippen molar-refractivity contribution in [2.75, 3.05) is 79.2 Å². The summed E-state index contributed by atoms with van der Waals surface area (Å²) in [4.78, 5) is 40.8. The number of isocyanates is 1. The van der Waals surface area contributed by atoms with Crippen molar-refractivity contribution in [1.29, 1.82) is 4.78 Å². The zero-order valence-corrected chi connectivity index (χ0v) is 84.8. The smallest absolute Gasteiger partial charge is 0.331 e. The average Bonchev–Trinajstić information content (AvgIpc) is 1.69. The first-order valence-corrected chi connectivity index (χ1v) is 58.7. The Bertz CT molecular complexity index is 6170. The van der Waals surface area contributed by atoms with Crippen molar-refractivity contribution < 1.29 is 91.2 Å². The fourth-order valence-electron chi connectivity index (χ4n) is 17.6. The van der Waals surface area contributed by atoms with Gasteiger partial charge in [-0.05, 0) is 211 Å². The summed E-state index contributed by atoms with van der Waals surface area (Å²) in [6.07, 6.45) is 27.1. The number of sulfonamides is 2. The van der Waals surface area contributed by atoms with E-state index in [0.29, 0.717) is 81.7 Å². The maximum Gasteiger partial charge on any atom is 0.331 e. The van der Waals surface area contributed by atoms with Gasteiger partial charge in [0, 0.05) is 46.9 Å². The van der Waals surface area contributed by atoms with Crippen molar-refractivity contribution >= 4 is 107 Å². The van der Waals surface area contributed by atoms with Gasteiger partial charge < -0.3 is 58.0 Å². The Kier molecular flexibility index (Phi) is 30.2. The predicted octanol–water partition coefficient (Wildman–Crippen LogP) is 9.63. The molecule has 6 aliphatic carbocycles. The van der Waals surface area contributed by atoms with Crippen LogP contribution in [0.25, 0.3) is 0 Å². The molecule has 3 unspecified atom stereocenters. The van der Waals surface area contributed by atoms with Crippen molar-refractivity contribution in [2.45, 2.75) is 281 Å². The summed E-state index contributed by atoms with van der Waals surface area (Å²) in [7, 11) is -13.7. The lowest BCUT2D eigenvalue weighted by Gasteiger charge is -2.36. The molecule has 40 nitrogen and oxygen atoms in total. The summed E-state index contributed by atoms with van der Waals surface area (Å²) in [5, 5.41) is 37.5. The summed E-state index contributed by atoms with van der Waals surface area (Å²) < 4.78 is 169. The molecule has 8 aromatic rings. The molecule has 19 rings (SSSR count). The van der Waals surface area contributed by atoms with Gasteiger partial charge in [0.1, 0.15) is 96.4 Å². The van der Waals surface area contributed by atoms with Crippen LogP contribution in [0.2, 0.25) is 36.3 Å². The molecule has 0 fully saturated rings. The van der Waals surface area contributed by atoms with E-state index in [1.807, 2.05) is 13.1 Å². The van der Waals surface area contributed by atoms with Gasteiger partial charge >= 0.3 is 12.1 Å². The number of benzene rings is 3. The Morgan fingerprint density at radius 1 is 0.455 bits per heavy atom. The Hall–Kier alpha value is -9.44. The zero-order chi connectivity index (χ0) is 96.6. The molecule has 0 saturated heterocycles. The van der Waals surface area contributed by atoms with Gasteiger partial charge in [0.15, 0.2) is 27.9 Å². The summed E-state index contributed by atoms with van der Waals surface area (Å²) in [5.41, 5.74) is 18.2. The largest absolute Gasteiger partial charge is 0.474 e. The lowest BCUT2D eigenvalue weighted by Crippen LogP contribution is -2.54. The van der Waals surface area contributed by atoms with E-state index in [0.717, 1.165) is 120 Å². The van der Waals surface area contributed by atoms with Crippen LogP contribution in [0.15, 0.2) is 82.7 Å². The van der Waals surface area contributed by atoms with Crippen LogP contribution in [0.1, 0.15) is 147 Å². The lowest BCUT2D eigenvalue weighted by atomic mass is 9.99. The molecule has 4 amide bonds. The van der Waals surface area contributed by atoms with Gasteiger partial charge in [-0.3, -0.25) is 8.75 Å². The topological polar surface area (TPSA) is 513 Å². The van der Waals surface area contributed by atoms with Crippen molar-refractivity contribution in [3.8, 4) is 29.4 Å². The number of rotatable bonds is 18. The van der Waals surface area contributed by atoms with Crippen LogP contribution in [0.4, 0.5) is 26.7 Å². The van der Waals surface area contributed by atoms with Crippen LogP contribution in [0, 0.1) is 4.78 Å². The van der Waals surface area contributed by atoms with E-state index in [4.69, 9.17) is 62.4 Å². The Morgan fingerprint density at radius 2 is 0.754 bits per heavy atom. The van der Waals surface area contributed by atoms with Gasteiger partial charge in [-0.1, -0.05) is 72.8 Å². The zero-order valence-electron chi connectivity index (χ0n) is 78.7. The number of nitrogens with two attached hydrogens (primary N) is 2. The van der Waals surface area contributed by atoms with Crippen LogP contribution in [-0.4, -0.2) is 218 Å². The molecule has 134 heavy (non-hydrogen) atoms. The van der Waals surface area contributed by atoms with E-state index in [9.17, 15) is 43.8 Å². The third-order valence-electron chi connectivity index (χ3n) is 26.9. The summed E-state index contributed by atoms with van der Waals surface area (Å²) in [6.45, 7) is 24.7. The molecule has 10 N–H and O–H groups in total. The van der Waals surface area contributed by atoms with Gasteiger partial charge in [0.2, 0.25) is 55.5 Å². The molecule has 5 aliphatic heterocycles. The first kappa shape index (κ1) is 100. The quantitative estimate of drug-likeness (QED) is 0.0171. The Morgan fingerprint density at radius 3 is 1.10 bits per heavy atom. The first-order chi connectivity index (χ1) is 63.3. The third kappa shape index (κ3) is 21.9. The van der Waals surface area contributed by atoms with Crippen LogP contribution in [0.5, 0.6) is 29.4 Å². The number of nitrogens with zero attached hydrogens (tertiary/aromatic N) is 12. The standard InChI is InChI=1S/C21H26N4O4S.C20H25N5O4S.C13H26N4O3SSi.C13H25N3O4SSi.C13H13NO.C7H11N3O4S/c1-28-15-11-25-20(29-12-15)18(10-22-25)30(2,27)24-21(26)23-19-16-7-3-5-13(16)9-14-6-4-8-17(14)19;1-28-14-10-25-19(29-11-14)17(9-22-25)30(21,27)24-20(26)23-18-15-6-2-4-12(15)8-13-5-3-7-16(13)18;1-13(2,3)22(5,6)16-21(14,18)11-7-15-17-8-10(19-4)9-20-12(11)17;1-13(2,3)22(5,6)15-21(17,18)11-7-14-16-8-10(19-4)9-20-12(11)16;15-8-14-13-11-5-1-3-9(11)7-10-4-2-6-12(10)13;1-13-5-3-10-7(14-4-5)6(2-9-10)15(8,11)12/h9-10,15H,2-8,11-12H2,1H3,(H2,23,24,26,27);8-9,14H,2-7,10-11H2,1H3,(H3,21,23,24,26,27);7,10H,8-9H2,1-6H3,(H2,14,16,18);7,10,15H,8-9H2,1-6H3;7H,1-6H2;2,5H,3-4H2,1H3,(H2,8,11,12)/t15-,30?;14-,30?;10-,21?;10-;;5-/m0000.0/s1. The molecule has 8 atom stereocenters. The molecule has 0 bridgehead atoms. The highest BCUT2D eigenvalue weighted by molar-refractivity contribution is 7.99. The number of amides is 4. The second kappa shape index (κ2) is 40.3. The number of carbonyl (C=O) groups excluding carboxylic acids is 3. The number of hydrogen-bond acceptors (Lipinski definition) is 28. The maximum atomic E-state index is 13.3. The van der Waals surface area contributed by atoms with Crippen molar-refractivity contribution in [3.63, 3.8) is 0 Å². The third-order valence-corrected chi connectivity index (χ3v) is 45.9. The minimum absolute atomic E-state index is 0.0374. The van der Waals surface area contributed by atoms with Gasteiger partial charge in [-0.15, -0.1) is 0 Å². The fraction of sp³-hybridized carbons (Fsp3) is 0.575. The predicted molar refractivity (Wildman–Crippen MR) is 508 cm³/mol. The number of aromatic nitrogens is 10. The number of anilines is 2. The summed E-state index contributed by atoms with van der Waals surface area (Å²) in [5.74, 6) is 5.31. The number of aliphatic imine (C=N–C) groups is 1. The minimum Gasteiger partial charge on any atom is -0.474 e. The normalized spacial score (nSPS) is 20.5. The molecular formula is C87H126N20O20S5Si2. The van der Waals surface area contributed by atoms with Crippen molar-refractivity contribution in [2.24, 2.45) is 19.3 Å². The number of hydrogen-bond donors (Lipinski definition) is 8. The van der Waals surface area contributed by atoms with Gasteiger partial charge in [-0.25, -0.2) is 91.4 Å². The molecule has 5 aromatic heterocycles. The molecule has 11 aliphatic rings. The fourth-order valence-corrected chi connectivity index (χ4v) is 30.1. The number of aryl methyl sites for hydroxylation is 6. The Balaban J connectivity index is 0.000000132. The number of nitrogens with one attached hydrogen (secondary N) is 6. The number of methoxy groups -OCH3 is 5. The van der Waals surface area contributed by atoms with Gasteiger partial charge in [-0.2, -0.15) is 30.5 Å². The van der Waals surface area contributed by atoms with E-state index in [1.54, 1.807) is 51.0 Å². The first-order valence-electron chi connectivity index (χ1n) is 44.9. The van der Waals surface area contributed by atoms with Gasteiger partial charge in [0.25, 0.3) is 0 Å². The molecular weight excluding hydrogens is 1860 g/mol. The average molecular weight is 1990 g/mol. The van der Waals surface area contributed by atoms with E-state index < -0.39 is 78.1 Å². The lowest BCUT2D eigenvalue weighted by molar-refractivity contribution is 0.0165. The van der Waals surface area contributed by atoms with E-state index in [2.05, 4.69) is 138 Å². The molecule has 10 heterocycles. The number of primary sulfonamides is 1. The van der Waals surface area contributed by atoms with Gasteiger partial charge in [0.05, 0.1) is 79.1 Å². The van der Waals surface area contributed by atoms with Crippen molar-refractivity contribution in [3.05, 3.63) is 116 Å². The highest BCUT2D eigenvalue weighted by Crippen LogP contribution is 2.45. The van der Waals surface area contributed by atoms with E-state index in [-0.39, 0.29) is 78.5 Å². The van der Waals surface area contributed by atoms with Crippen molar-refractivity contribution in [1.82, 2.24) is 62.7 Å². The molecule has 0 spiro atoms. The van der Waals surface area contributed by atoms with Crippen LogP contribution in [0.3, 0.4) is 0 Å². The molecule has 0 saturated carbocycles. The number of fused-ring (bicyclic) bond motifs is 11. The summed E-state index contributed by atoms with van der Waals surface area (Å²) in [6, 6.07) is 5.77. The second-order valence-corrected chi connectivity index (χ2v) is 57.3.